The van der Waals surface area contributed by atoms with E-state index in [1.807, 2.05) is 0 Å². The summed E-state index contributed by atoms with van der Waals surface area (Å²) in [5.41, 5.74) is 0.394. The molecule has 20 heavy (non-hydrogen) atoms. The first-order valence-electron chi connectivity index (χ1n) is 6.84. The van der Waals surface area contributed by atoms with Crippen molar-refractivity contribution in [1.82, 2.24) is 4.90 Å². The molecule has 1 aromatic rings. The van der Waals surface area contributed by atoms with Gasteiger partial charge in [0, 0.05) is 19.1 Å². The van der Waals surface area contributed by atoms with Crippen LogP contribution in [0.15, 0.2) is 18.2 Å². The molecule has 1 unspecified atom stereocenters. The predicted molar refractivity (Wildman–Crippen MR) is 78.8 cm³/mol. The van der Waals surface area contributed by atoms with Gasteiger partial charge >= 0.3 is 0 Å². The molecule has 1 aliphatic rings. The van der Waals surface area contributed by atoms with E-state index in [1.54, 1.807) is 18.2 Å². The second kappa shape index (κ2) is 7.07. The van der Waals surface area contributed by atoms with Gasteiger partial charge in [-0.05, 0) is 26.0 Å². The summed E-state index contributed by atoms with van der Waals surface area (Å²) in [7, 11) is 0. The van der Waals surface area contributed by atoms with E-state index in [2.05, 4.69) is 18.7 Å². The smallest absolute Gasteiger partial charge is 0.155 e. The van der Waals surface area contributed by atoms with E-state index in [4.69, 9.17) is 21.1 Å². The number of hydrogen-bond donors (Lipinski definition) is 0. The maximum absolute atomic E-state index is 11.0. The minimum absolute atomic E-state index is 0.0182. The molecule has 1 heterocycles. The third kappa shape index (κ3) is 3.72. The van der Waals surface area contributed by atoms with Gasteiger partial charge in [-0.3, -0.25) is 9.69 Å². The Morgan fingerprint density at radius 2 is 2.35 bits per heavy atom. The second-order valence-corrected chi connectivity index (χ2v) is 5.57. The number of carbonyl (C=O) groups is 1. The average molecular weight is 298 g/mol. The minimum atomic E-state index is 0.0182. The van der Waals surface area contributed by atoms with Crippen LogP contribution in [-0.4, -0.2) is 49.6 Å². The highest BCUT2D eigenvalue weighted by molar-refractivity contribution is 6.33. The van der Waals surface area contributed by atoms with Gasteiger partial charge in [0.2, 0.25) is 0 Å². The van der Waals surface area contributed by atoms with Gasteiger partial charge in [0.25, 0.3) is 0 Å². The van der Waals surface area contributed by atoms with Gasteiger partial charge in [0.15, 0.2) is 6.29 Å². The van der Waals surface area contributed by atoms with Crippen molar-refractivity contribution in [2.45, 2.75) is 26.0 Å². The van der Waals surface area contributed by atoms with Crippen molar-refractivity contribution >= 4 is 17.9 Å². The van der Waals surface area contributed by atoms with Crippen LogP contribution in [0.4, 0.5) is 0 Å². The van der Waals surface area contributed by atoms with Gasteiger partial charge < -0.3 is 9.47 Å². The Balaban J connectivity index is 1.95. The second-order valence-electron chi connectivity index (χ2n) is 5.16. The molecule has 0 spiro atoms. The maximum Gasteiger partial charge on any atom is 0.155 e. The standard InChI is InChI=1S/C15H20ClNO3/c1-11(2)17-6-7-19-12(8-17)10-20-15-5-3-4-14(16)13(15)9-18/h3-5,9,11-12H,6-8,10H2,1-2H3. The van der Waals surface area contributed by atoms with Crippen molar-refractivity contribution in [2.75, 3.05) is 26.3 Å². The van der Waals surface area contributed by atoms with Crippen LogP contribution in [0.2, 0.25) is 5.02 Å². The summed E-state index contributed by atoms with van der Waals surface area (Å²) in [6.07, 6.45) is 0.740. The summed E-state index contributed by atoms with van der Waals surface area (Å²) in [6.45, 7) is 7.27. The van der Waals surface area contributed by atoms with Crippen LogP contribution in [0, 0.1) is 0 Å². The Kier molecular flexibility index (Phi) is 5.40. The largest absolute Gasteiger partial charge is 0.490 e. The molecule has 1 atom stereocenters. The van der Waals surface area contributed by atoms with E-state index in [9.17, 15) is 4.79 Å². The van der Waals surface area contributed by atoms with Gasteiger partial charge in [-0.1, -0.05) is 17.7 Å². The highest BCUT2D eigenvalue weighted by Crippen LogP contribution is 2.25. The van der Waals surface area contributed by atoms with E-state index < -0.39 is 0 Å². The van der Waals surface area contributed by atoms with Gasteiger partial charge in [0.05, 0.1) is 17.2 Å². The molecule has 0 N–H and O–H groups in total. The van der Waals surface area contributed by atoms with Crippen LogP contribution in [0.1, 0.15) is 24.2 Å². The van der Waals surface area contributed by atoms with E-state index in [1.165, 1.54) is 0 Å². The summed E-state index contributed by atoms with van der Waals surface area (Å²) >= 11 is 5.97. The highest BCUT2D eigenvalue weighted by atomic mass is 35.5. The zero-order chi connectivity index (χ0) is 14.5. The summed E-state index contributed by atoms with van der Waals surface area (Å²) < 4.78 is 11.4. The number of benzene rings is 1. The number of nitrogens with zero attached hydrogens (tertiary/aromatic N) is 1. The number of hydrogen-bond acceptors (Lipinski definition) is 4. The van der Waals surface area contributed by atoms with Crippen LogP contribution in [0.25, 0.3) is 0 Å². The molecular weight excluding hydrogens is 278 g/mol. The number of carbonyl (C=O) groups excluding carboxylic acids is 1. The number of rotatable bonds is 5. The zero-order valence-corrected chi connectivity index (χ0v) is 12.6. The van der Waals surface area contributed by atoms with Crippen molar-refractivity contribution < 1.29 is 14.3 Å². The fraction of sp³-hybridized carbons (Fsp3) is 0.533. The SMILES string of the molecule is CC(C)N1CCOC(COc2cccc(Cl)c2C=O)C1. The highest BCUT2D eigenvalue weighted by Gasteiger charge is 2.23. The first-order chi connectivity index (χ1) is 9.61. The lowest BCUT2D eigenvalue weighted by Gasteiger charge is -2.35. The fourth-order valence-electron chi connectivity index (χ4n) is 2.25. The Hall–Kier alpha value is -1.10. The molecule has 1 aromatic carbocycles. The van der Waals surface area contributed by atoms with Crippen LogP contribution in [0.5, 0.6) is 5.75 Å². The predicted octanol–water partition coefficient (Wildman–Crippen LogP) is 2.64. The molecule has 0 radical (unpaired) electrons. The summed E-state index contributed by atoms with van der Waals surface area (Å²) in [5, 5.41) is 0.408. The van der Waals surface area contributed by atoms with Gasteiger partial charge in [-0.2, -0.15) is 0 Å². The zero-order valence-electron chi connectivity index (χ0n) is 11.8. The lowest BCUT2D eigenvalue weighted by atomic mass is 10.2. The summed E-state index contributed by atoms with van der Waals surface area (Å²) in [6, 6.07) is 5.69. The van der Waals surface area contributed by atoms with Crippen molar-refractivity contribution in [3.63, 3.8) is 0 Å². The number of aldehydes is 1. The van der Waals surface area contributed by atoms with E-state index in [0.29, 0.717) is 35.6 Å². The number of halogens is 1. The quantitative estimate of drug-likeness (QED) is 0.783. The molecule has 0 aliphatic carbocycles. The van der Waals surface area contributed by atoms with Gasteiger partial charge in [0.1, 0.15) is 18.5 Å². The Morgan fingerprint density at radius 1 is 1.55 bits per heavy atom. The molecule has 5 heteroatoms. The van der Waals surface area contributed by atoms with Gasteiger partial charge in [-0.25, -0.2) is 0 Å². The third-order valence-electron chi connectivity index (χ3n) is 3.46. The van der Waals surface area contributed by atoms with E-state index >= 15 is 0 Å². The molecular formula is C15H20ClNO3. The topological polar surface area (TPSA) is 38.8 Å². The minimum Gasteiger partial charge on any atom is -0.490 e. The van der Waals surface area contributed by atoms with Crippen LogP contribution in [-0.2, 0) is 4.74 Å². The number of ether oxygens (including phenoxy) is 2. The van der Waals surface area contributed by atoms with Crippen LogP contribution in [0.3, 0.4) is 0 Å². The monoisotopic (exact) mass is 297 g/mol. The Morgan fingerprint density at radius 3 is 3.05 bits per heavy atom. The lowest BCUT2D eigenvalue weighted by Crippen LogP contribution is -2.47. The molecule has 2 rings (SSSR count). The number of morpholine rings is 1. The molecule has 0 saturated carbocycles. The summed E-state index contributed by atoms with van der Waals surface area (Å²) in [5.74, 6) is 0.512. The molecule has 1 fully saturated rings. The van der Waals surface area contributed by atoms with Crippen LogP contribution < -0.4 is 4.74 Å². The molecule has 4 nitrogen and oxygen atoms in total. The lowest BCUT2D eigenvalue weighted by molar-refractivity contribution is -0.0565. The van der Waals surface area contributed by atoms with Crippen molar-refractivity contribution in [3.8, 4) is 5.75 Å². The summed E-state index contributed by atoms with van der Waals surface area (Å²) in [4.78, 5) is 13.4. The molecule has 0 bridgehead atoms. The van der Waals surface area contributed by atoms with E-state index in [0.717, 1.165) is 19.4 Å². The molecule has 1 saturated heterocycles. The van der Waals surface area contributed by atoms with E-state index in [-0.39, 0.29) is 6.10 Å². The normalized spacial score (nSPS) is 20.1. The molecule has 0 aromatic heterocycles. The molecule has 1 aliphatic heterocycles. The molecule has 0 amide bonds. The fourth-order valence-corrected chi connectivity index (χ4v) is 2.46. The van der Waals surface area contributed by atoms with Crippen molar-refractivity contribution in [1.29, 1.82) is 0 Å². The third-order valence-corrected chi connectivity index (χ3v) is 3.79. The average Bonchev–Trinajstić information content (AvgIpc) is 2.45. The van der Waals surface area contributed by atoms with Crippen molar-refractivity contribution in [3.05, 3.63) is 28.8 Å². The Bertz CT molecular complexity index is 464. The van der Waals surface area contributed by atoms with Crippen molar-refractivity contribution in [2.24, 2.45) is 0 Å². The van der Waals surface area contributed by atoms with Gasteiger partial charge in [-0.15, -0.1) is 0 Å². The van der Waals surface area contributed by atoms with Crippen LogP contribution >= 0.6 is 11.6 Å². The maximum atomic E-state index is 11.0. The Labute approximate surface area is 124 Å². The molecule has 110 valence electrons. The first-order valence-corrected chi connectivity index (χ1v) is 7.21. The first kappa shape index (κ1) is 15.3.